The molecular formula is C22H37IN4O2. The third-order valence-corrected chi connectivity index (χ3v) is 4.81. The maximum Gasteiger partial charge on any atom is 0.221 e. The van der Waals surface area contributed by atoms with Gasteiger partial charge in [0.05, 0.1) is 13.2 Å². The Labute approximate surface area is 192 Å². The maximum atomic E-state index is 11.9. The van der Waals surface area contributed by atoms with Gasteiger partial charge in [0.2, 0.25) is 5.91 Å². The van der Waals surface area contributed by atoms with Gasteiger partial charge in [-0.25, -0.2) is 4.99 Å². The number of halogens is 1. The van der Waals surface area contributed by atoms with E-state index in [0.717, 1.165) is 36.8 Å². The zero-order chi connectivity index (χ0) is 20.4. The minimum Gasteiger partial charge on any atom is -0.493 e. The predicted molar refractivity (Wildman–Crippen MR) is 130 cm³/mol. The van der Waals surface area contributed by atoms with Crippen molar-refractivity contribution < 1.29 is 9.53 Å². The van der Waals surface area contributed by atoms with Gasteiger partial charge in [0.1, 0.15) is 5.75 Å². The normalized spacial score (nSPS) is 14.6. The summed E-state index contributed by atoms with van der Waals surface area (Å²) in [6.45, 7) is 10.8. The van der Waals surface area contributed by atoms with Crippen LogP contribution in [0.3, 0.4) is 0 Å². The summed E-state index contributed by atoms with van der Waals surface area (Å²) in [5, 5.41) is 9.46. The fourth-order valence-corrected chi connectivity index (χ4v) is 2.67. The van der Waals surface area contributed by atoms with Crippen LogP contribution in [0.4, 0.5) is 0 Å². The Kier molecular flexibility index (Phi) is 12.0. The van der Waals surface area contributed by atoms with Crippen LogP contribution in [0.2, 0.25) is 0 Å². The maximum absolute atomic E-state index is 11.9. The Morgan fingerprint density at radius 3 is 2.69 bits per heavy atom. The van der Waals surface area contributed by atoms with E-state index in [9.17, 15) is 4.79 Å². The first-order valence-electron chi connectivity index (χ1n) is 10.6. The SMILES string of the molecule is CCNC(=NCc1ccc(C)cc1OCC1CC1)NCCC(=O)NC(C)CC.I. The quantitative estimate of drug-likeness (QED) is 0.238. The van der Waals surface area contributed by atoms with Crippen molar-refractivity contribution in [3.8, 4) is 5.75 Å². The monoisotopic (exact) mass is 516 g/mol. The van der Waals surface area contributed by atoms with Crippen molar-refractivity contribution in [1.29, 1.82) is 0 Å². The highest BCUT2D eigenvalue weighted by atomic mass is 127. The topological polar surface area (TPSA) is 74.8 Å². The van der Waals surface area contributed by atoms with Crippen LogP contribution in [-0.4, -0.2) is 37.6 Å². The van der Waals surface area contributed by atoms with Crippen molar-refractivity contribution >= 4 is 35.8 Å². The molecule has 1 unspecified atom stereocenters. The van der Waals surface area contributed by atoms with Crippen LogP contribution < -0.4 is 20.7 Å². The van der Waals surface area contributed by atoms with Crippen molar-refractivity contribution in [3.05, 3.63) is 29.3 Å². The number of hydrogen-bond donors (Lipinski definition) is 3. The predicted octanol–water partition coefficient (Wildman–Crippen LogP) is 3.76. The van der Waals surface area contributed by atoms with Gasteiger partial charge in [0, 0.05) is 31.1 Å². The molecule has 2 rings (SSSR count). The Hall–Kier alpha value is -1.51. The second-order valence-electron chi connectivity index (χ2n) is 7.61. The molecule has 164 valence electrons. The molecular weight excluding hydrogens is 479 g/mol. The number of benzene rings is 1. The zero-order valence-electron chi connectivity index (χ0n) is 18.2. The number of carbonyl (C=O) groups excluding carboxylic acids is 1. The fourth-order valence-electron chi connectivity index (χ4n) is 2.67. The number of aryl methyl sites for hydroxylation is 1. The van der Waals surface area contributed by atoms with E-state index in [4.69, 9.17) is 4.74 Å². The number of nitrogens with zero attached hydrogens (tertiary/aromatic N) is 1. The molecule has 1 saturated carbocycles. The van der Waals surface area contributed by atoms with Crippen molar-refractivity contribution in [1.82, 2.24) is 16.0 Å². The molecule has 0 radical (unpaired) electrons. The number of amides is 1. The number of nitrogens with one attached hydrogen (secondary N) is 3. The third-order valence-electron chi connectivity index (χ3n) is 4.81. The van der Waals surface area contributed by atoms with E-state index in [1.54, 1.807) is 0 Å². The first-order chi connectivity index (χ1) is 13.5. The number of hydrogen-bond acceptors (Lipinski definition) is 3. The minimum absolute atomic E-state index is 0. The lowest BCUT2D eigenvalue weighted by Gasteiger charge is -2.14. The highest BCUT2D eigenvalue weighted by molar-refractivity contribution is 14.0. The Morgan fingerprint density at radius 2 is 2.03 bits per heavy atom. The lowest BCUT2D eigenvalue weighted by atomic mass is 10.1. The average molecular weight is 516 g/mol. The van der Waals surface area contributed by atoms with Crippen LogP contribution in [0.25, 0.3) is 0 Å². The highest BCUT2D eigenvalue weighted by Crippen LogP contribution is 2.30. The van der Waals surface area contributed by atoms with E-state index < -0.39 is 0 Å². The van der Waals surface area contributed by atoms with Gasteiger partial charge >= 0.3 is 0 Å². The fraction of sp³-hybridized carbons (Fsp3) is 0.636. The summed E-state index contributed by atoms with van der Waals surface area (Å²) < 4.78 is 6.03. The highest BCUT2D eigenvalue weighted by Gasteiger charge is 2.22. The first kappa shape index (κ1) is 25.5. The molecule has 3 N–H and O–H groups in total. The zero-order valence-corrected chi connectivity index (χ0v) is 20.5. The van der Waals surface area contributed by atoms with Gasteiger partial charge in [-0.1, -0.05) is 19.1 Å². The Bertz CT molecular complexity index is 662. The lowest BCUT2D eigenvalue weighted by Crippen LogP contribution is -2.40. The largest absolute Gasteiger partial charge is 0.493 e. The van der Waals surface area contributed by atoms with Gasteiger partial charge < -0.3 is 20.7 Å². The molecule has 7 heteroatoms. The van der Waals surface area contributed by atoms with E-state index in [-0.39, 0.29) is 35.9 Å². The van der Waals surface area contributed by atoms with E-state index in [1.807, 2.05) is 13.8 Å². The summed E-state index contributed by atoms with van der Waals surface area (Å²) in [6, 6.07) is 6.48. The molecule has 1 aliphatic rings. The van der Waals surface area contributed by atoms with Crippen LogP contribution in [0, 0.1) is 12.8 Å². The van der Waals surface area contributed by atoms with Crippen LogP contribution in [-0.2, 0) is 11.3 Å². The number of rotatable bonds is 11. The number of ether oxygens (including phenoxy) is 1. The molecule has 1 fully saturated rings. The molecule has 0 aliphatic heterocycles. The second kappa shape index (κ2) is 13.7. The van der Waals surface area contributed by atoms with Crippen LogP contribution in [0.15, 0.2) is 23.2 Å². The molecule has 0 spiro atoms. The van der Waals surface area contributed by atoms with Gasteiger partial charge in [-0.2, -0.15) is 0 Å². The molecule has 0 aromatic heterocycles. The van der Waals surface area contributed by atoms with Crippen LogP contribution in [0.5, 0.6) is 5.75 Å². The van der Waals surface area contributed by atoms with E-state index in [0.29, 0.717) is 25.5 Å². The van der Waals surface area contributed by atoms with Gasteiger partial charge in [0.25, 0.3) is 0 Å². The van der Waals surface area contributed by atoms with Crippen molar-refractivity contribution in [2.75, 3.05) is 19.7 Å². The summed E-state index contributed by atoms with van der Waals surface area (Å²) >= 11 is 0. The molecule has 1 amide bonds. The van der Waals surface area contributed by atoms with E-state index >= 15 is 0 Å². The molecule has 0 bridgehead atoms. The average Bonchev–Trinajstić information content (AvgIpc) is 3.49. The second-order valence-corrected chi connectivity index (χ2v) is 7.61. The molecule has 6 nitrogen and oxygen atoms in total. The molecule has 29 heavy (non-hydrogen) atoms. The molecule has 1 aliphatic carbocycles. The van der Waals surface area contributed by atoms with E-state index in [2.05, 4.69) is 53.0 Å². The summed E-state index contributed by atoms with van der Waals surface area (Å²) in [5.41, 5.74) is 2.27. The van der Waals surface area contributed by atoms with Gasteiger partial charge in [0.15, 0.2) is 5.96 Å². The third kappa shape index (κ3) is 10.2. The van der Waals surface area contributed by atoms with E-state index in [1.165, 1.54) is 18.4 Å². The molecule has 1 aromatic rings. The van der Waals surface area contributed by atoms with Crippen LogP contribution in [0.1, 0.15) is 57.6 Å². The van der Waals surface area contributed by atoms with Crippen molar-refractivity contribution in [2.24, 2.45) is 10.9 Å². The lowest BCUT2D eigenvalue weighted by molar-refractivity contribution is -0.121. The Morgan fingerprint density at radius 1 is 1.28 bits per heavy atom. The van der Waals surface area contributed by atoms with Crippen LogP contribution >= 0.6 is 24.0 Å². The molecule has 0 heterocycles. The molecule has 1 atom stereocenters. The van der Waals surface area contributed by atoms with Crippen molar-refractivity contribution in [2.45, 2.75) is 66.0 Å². The summed E-state index contributed by atoms with van der Waals surface area (Å²) in [4.78, 5) is 16.6. The number of aliphatic imine (C=N–C) groups is 1. The summed E-state index contributed by atoms with van der Waals surface area (Å²) in [7, 11) is 0. The van der Waals surface area contributed by atoms with Gasteiger partial charge in [-0.05, 0) is 57.6 Å². The summed E-state index contributed by atoms with van der Waals surface area (Å²) in [6.07, 6.45) is 3.91. The number of guanidine groups is 1. The molecule has 0 saturated heterocycles. The first-order valence-corrected chi connectivity index (χ1v) is 10.6. The minimum atomic E-state index is 0. The van der Waals surface area contributed by atoms with Crippen molar-refractivity contribution in [3.63, 3.8) is 0 Å². The smallest absolute Gasteiger partial charge is 0.221 e. The van der Waals surface area contributed by atoms with Gasteiger partial charge in [-0.3, -0.25) is 4.79 Å². The standard InChI is InChI=1S/C22H36N4O2.HI/c1-5-17(4)26-21(27)11-12-24-22(23-6-2)25-14-19-10-7-16(3)13-20(19)28-15-18-8-9-18;/h7,10,13,17-18H,5-6,8-9,11-12,14-15H2,1-4H3,(H,26,27)(H2,23,24,25);1H. The van der Waals surface area contributed by atoms with Gasteiger partial charge in [-0.15, -0.1) is 24.0 Å². The molecule has 1 aromatic carbocycles. The number of carbonyl (C=O) groups is 1. The Balaban J connectivity index is 0.00000420. The summed E-state index contributed by atoms with van der Waals surface area (Å²) in [5.74, 6) is 2.43.